The van der Waals surface area contributed by atoms with E-state index in [1.54, 1.807) is 4.31 Å². The van der Waals surface area contributed by atoms with Gasteiger partial charge in [-0.25, -0.2) is 12.7 Å². The topological polar surface area (TPSA) is 83.0 Å². The lowest BCUT2D eigenvalue weighted by Gasteiger charge is -2.32. The van der Waals surface area contributed by atoms with Crippen LogP contribution in [0.25, 0.3) is 0 Å². The average molecular weight is 387 g/mol. The molecule has 0 atom stereocenters. The van der Waals surface area contributed by atoms with Crippen molar-refractivity contribution < 1.29 is 13.2 Å². The molecule has 0 aromatic carbocycles. The maximum Gasteiger partial charge on any atom is 0.214 e. The van der Waals surface area contributed by atoms with Crippen LogP contribution in [0.1, 0.15) is 46.0 Å². The average Bonchev–Trinajstić information content (AvgIpc) is 2.63. The molecule has 26 heavy (non-hydrogen) atoms. The Balaban J connectivity index is 1.80. The Bertz CT molecular complexity index is 581. The van der Waals surface area contributed by atoms with Gasteiger partial charge < -0.3 is 15.4 Å². The molecule has 2 heterocycles. The van der Waals surface area contributed by atoms with Crippen LogP contribution < -0.4 is 10.6 Å². The third-order valence-corrected chi connectivity index (χ3v) is 6.83. The number of sulfonamides is 1. The molecular formula is C18H34N4O3S. The van der Waals surface area contributed by atoms with Gasteiger partial charge in [0.2, 0.25) is 10.0 Å². The second-order valence-corrected chi connectivity index (χ2v) is 8.92. The van der Waals surface area contributed by atoms with Crippen LogP contribution in [0.15, 0.2) is 16.6 Å². The molecule has 0 radical (unpaired) electrons. The molecule has 0 unspecified atom stereocenters. The molecule has 7 nitrogen and oxygen atoms in total. The van der Waals surface area contributed by atoms with E-state index in [1.807, 2.05) is 6.92 Å². The van der Waals surface area contributed by atoms with Crippen molar-refractivity contribution in [2.24, 2.45) is 4.99 Å². The van der Waals surface area contributed by atoms with E-state index in [2.05, 4.69) is 28.6 Å². The van der Waals surface area contributed by atoms with Gasteiger partial charge in [-0.2, -0.15) is 0 Å². The van der Waals surface area contributed by atoms with Crippen LogP contribution in [0.2, 0.25) is 0 Å². The molecule has 0 saturated carbocycles. The van der Waals surface area contributed by atoms with E-state index in [4.69, 9.17) is 4.74 Å². The van der Waals surface area contributed by atoms with Crippen LogP contribution in [0, 0.1) is 0 Å². The third kappa shape index (κ3) is 6.89. The van der Waals surface area contributed by atoms with E-state index in [0.717, 1.165) is 57.9 Å². The summed E-state index contributed by atoms with van der Waals surface area (Å²) in [4.78, 5) is 4.68. The van der Waals surface area contributed by atoms with Crippen LogP contribution in [-0.2, 0) is 14.8 Å². The minimum Gasteiger partial charge on any atom is -0.377 e. The summed E-state index contributed by atoms with van der Waals surface area (Å²) in [5, 5.41) is 6.76. The number of rotatable bonds is 8. The van der Waals surface area contributed by atoms with E-state index in [1.165, 1.54) is 5.57 Å². The van der Waals surface area contributed by atoms with Crippen molar-refractivity contribution >= 4 is 16.0 Å². The zero-order valence-corrected chi connectivity index (χ0v) is 17.0. The minimum atomic E-state index is -3.08. The Labute approximate surface area is 158 Å². The monoisotopic (exact) mass is 386 g/mol. The highest BCUT2D eigenvalue weighted by Crippen LogP contribution is 2.15. The Morgan fingerprint density at radius 3 is 2.73 bits per heavy atom. The predicted molar refractivity (Wildman–Crippen MR) is 106 cm³/mol. The van der Waals surface area contributed by atoms with Crippen LogP contribution in [0.5, 0.6) is 0 Å². The Morgan fingerprint density at radius 2 is 2.12 bits per heavy atom. The van der Waals surface area contributed by atoms with E-state index >= 15 is 0 Å². The minimum absolute atomic E-state index is 0.246. The zero-order chi connectivity index (χ0) is 18.8. The summed E-state index contributed by atoms with van der Waals surface area (Å²) < 4.78 is 31.3. The van der Waals surface area contributed by atoms with Crippen molar-refractivity contribution in [1.29, 1.82) is 0 Å². The Morgan fingerprint density at radius 1 is 1.35 bits per heavy atom. The summed E-state index contributed by atoms with van der Waals surface area (Å²) >= 11 is 0. The quantitative estimate of drug-likeness (QED) is 0.375. The van der Waals surface area contributed by atoms with Gasteiger partial charge in [0.25, 0.3) is 0 Å². The van der Waals surface area contributed by atoms with Crippen molar-refractivity contribution in [1.82, 2.24) is 14.9 Å². The summed E-state index contributed by atoms with van der Waals surface area (Å²) in [6.07, 6.45) is 6.43. The highest BCUT2D eigenvalue weighted by Gasteiger charge is 2.27. The number of guanidine groups is 1. The van der Waals surface area contributed by atoms with Crippen molar-refractivity contribution in [3.63, 3.8) is 0 Å². The fourth-order valence-corrected chi connectivity index (χ4v) is 4.82. The molecule has 2 aliphatic rings. The number of aliphatic imine (C=N–C) groups is 1. The second-order valence-electron chi connectivity index (χ2n) is 6.83. The van der Waals surface area contributed by atoms with Crippen LogP contribution in [0.4, 0.5) is 0 Å². The molecular weight excluding hydrogens is 352 g/mol. The van der Waals surface area contributed by atoms with Gasteiger partial charge in [-0.3, -0.25) is 4.99 Å². The number of hydrogen-bond donors (Lipinski definition) is 2. The van der Waals surface area contributed by atoms with Crippen LogP contribution in [-0.4, -0.2) is 69.9 Å². The maximum atomic E-state index is 12.2. The summed E-state index contributed by atoms with van der Waals surface area (Å²) in [5.74, 6) is 1.07. The Kier molecular flexibility index (Phi) is 8.87. The highest BCUT2D eigenvalue weighted by molar-refractivity contribution is 7.89. The molecule has 1 saturated heterocycles. The molecule has 2 aliphatic heterocycles. The number of nitrogens with one attached hydrogen (secondary N) is 2. The van der Waals surface area contributed by atoms with Gasteiger partial charge in [-0.05, 0) is 39.0 Å². The molecule has 8 heteroatoms. The van der Waals surface area contributed by atoms with Crippen molar-refractivity contribution in [3.8, 4) is 0 Å². The fraction of sp³-hybridized carbons (Fsp3) is 0.833. The lowest BCUT2D eigenvalue weighted by Crippen LogP contribution is -2.50. The molecule has 0 aromatic heterocycles. The molecule has 0 amide bonds. The summed E-state index contributed by atoms with van der Waals surface area (Å²) in [5.41, 5.74) is 1.42. The van der Waals surface area contributed by atoms with Gasteiger partial charge in [0.05, 0.1) is 19.0 Å². The first-order chi connectivity index (χ1) is 12.5. The fourth-order valence-electron chi connectivity index (χ4n) is 3.28. The SMILES string of the molecule is CCCS(=O)(=O)N1CCC(NC(=NCCC2=CCOCC2)NCC)CC1. The van der Waals surface area contributed by atoms with Gasteiger partial charge in [0.15, 0.2) is 5.96 Å². The zero-order valence-electron chi connectivity index (χ0n) is 16.2. The first-order valence-corrected chi connectivity index (χ1v) is 11.4. The molecule has 0 aromatic rings. The Hall–Kier alpha value is -1.12. The van der Waals surface area contributed by atoms with Crippen LogP contribution in [0.3, 0.4) is 0 Å². The summed E-state index contributed by atoms with van der Waals surface area (Å²) in [6.45, 7) is 8.24. The molecule has 150 valence electrons. The lowest BCUT2D eigenvalue weighted by atomic mass is 10.1. The van der Waals surface area contributed by atoms with Gasteiger partial charge in [-0.1, -0.05) is 18.6 Å². The number of hydrogen-bond acceptors (Lipinski definition) is 4. The predicted octanol–water partition coefficient (Wildman–Crippen LogP) is 1.48. The summed E-state index contributed by atoms with van der Waals surface area (Å²) in [6, 6.07) is 0.267. The van der Waals surface area contributed by atoms with E-state index in [-0.39, 0.29) is 11.8 Å². The van der Waals surface area contributed by atoms with Gasteiger partial charge in [-0.15, -0.1) is 0 Å². The molecule has 0 aliphatic carbocycles. The molecule has 0 bridgehead atoms. The first-order valence-electron chi connectivity index (χ1n) is 9.83. The van der Waals surface area contributed by atoms with Gasteiger partial charge in [0.1, 0.15) is 0 Å². The smallest absolute Gasteiger partial charge is 0.214 e. The highest BCUT2D eigenvalue weighted by atomic mass is 32.2. The number of piperidine rings is 1. The van der Waals surface area contributed by atoms with Gasteiger partial charge in [0, 0.05) is 32.2 Å². The van der Waals surface area contributed by atoms with E-state index in [9.17, 15) is 8.42 Å². The van der Waals surface area contributed by atoms with Crippen molar-refractivity contribution in [2.75, 3.05) is 45.1 Å². The lowest BCUT2D eigenvalue weighted by molar-refractivity contribution is 0.153. The largest absolute Gasteiger partial charge is 0.377 e. The van der Waals surface area contributed by atoms with Crippen LogP contribution >= 0.6 is 0 Å². The van der Waals surface area contributed by atoms with Gasteiger partial charge >= 0.3 is 0 Å². The molecule has 2 rings (SSSR count). The van der Waals surface area contributed by atoms with E-state index in [0.29, 0.717) is 19.5 Å². The van der Waals surface area contributed by atoms with E-state index < -0.39 is 10.0 Å². The second kappa shape index (κ2) is 10.9. The molecule has 0 spiro atoms. The number of nitrogens with zero attached hydrogens (tertiary/aromatic N) is 2. The molecule has 1 fully saturated rings. The van der Waals surface area contributed by atoms with Crippen molar-refractivity contribution in [2.45, 2.75) is 52.0 Å². The number of ether oxygens (including phenoxy) is 1. The van der Waals surface area contributed by atoms with Crippen molar-refractivity contribution in [3.05, 3.63) is 11.6 Å². The summed E-state index contributed by atoms with van der Waals surface area (Å²) in [7, 11) is -3.08. The first kappa shape index (κ1) is 21.2. The standard InChI is InChI=1S/C18H34N4O3S/c1-3-15-26(23,24)22-11-6-17(7-12-22)21-18(19-4-2)20-10-5-16-8-13-25-14-9-16/h8,17H,3-7,9-15H2,1-2H3,(H2,19,20,21). The maximum absolute atomic E-state index is 12.2. The molecule has 2 N–H and O–H groups in total. The third-order valence-electron chi connectivity index (χ3n) is 4.75. The normalized spacial score (nSPS) is 20.7.